The summed E-state index contributed by atoms with van der Waals surface area (Å²) in [5.74, 6) is -3.19. The third kappa shape index (κ3) is 5.78. The van der Waals surface area contributed by atoms with Crippen LogP contribution >= 0.6 is 0 Å². The second kappa shape index (κ2) is 10.0. The molecule has 4 rings (SSSR count). The van der Waals surface area contributed by atoms with Gasteiger partial charge in [0.1, 0.15) is 23.5 Å². The van der Waals surface area contributed by atoms with Crippen LogP contribution in [0.25, 0.3) is 0 Å². The summed E-state index contributed by atoms with van der Waals surface area (Å²) >= 11 is 0. The van der Waals surface area contributed by atoms with Gasteiger partial charge in [-0.2, -0.15) is 13.2 Å². The first-order valence-corrected chi connectivity index (χ1v) is 10.2. The van der Waals surface area contributed by atoms with Crippen molar-refractivity contribution in [3.63, 3.8) is 0 Å². The zero-order valence-electron chi connectivity index (χ0n) is 18.0. The van der Waals surface area contributed by atoms with E-state index in [0.717, 1.165) is 17.2 Å². The van der Waals surface area contributed by atoms with Crippen molar-refractivity contribution in [2.75, 3.05) is 0 Å². The lowest BCUT2D eigenvalue weighted by Gasteiger charge is -2.32. The van der Waals surface area contributed by atoms with E-state index in [9.17, 15) is 22.0 Å². The Hall–Kier alpha value is -3.75. The van der Waals surface area contributed by atoms with E-state index in [2.05, 4.69) is 36.5 Å². The number of benzene rings is 3. The highest BCUT2D eigenvalue weighted by Crippen LogP contribution is 2.41. The Labute approximate surface area is 192 Å². The molecule has 0 saturated heterocycles. The predicted octanol–water partition coefficient (Wildman–Crippen LogP) is 5.80. The number of alkyl halides is 3. The Kier molecular flexibility index (Phi) is 7.34. The number of nitrogens with zero attached hydrogens (tertiary/aromatic N) is 1. The maximum atomic E-state index is 14.1. The van der Waals surface area contributed by atoms with Crippen molar-refractivity contribution in [2.24, 2.45) is 4.99 Å². The molecule has 178 valence electrons. The lowest BCUT2D eigenvalue weighted by molar-refractivity contribution is -0.192. The molecule has 9 heteroatoms. The Morgan fingerprint density at radius 2 is 1.56 bits per heavy atom. The number of amidine groups is 1. The molecule has 0 saturated carbocycles. The van der Waals surface area contributed by atoms with Gasteiger partial charge in [-0.3, -0.25) is 4.99 Å². The molecule has 1 aliphatic heterocycles. The molecule has 0 spiro atoms. The molecule has 0 radical (unpaired) electrons. The summed E-state index contributed by atoms with van der Waals surface area (Å²) in [6.45, 7) is 2.11. The molecular formula is C25H21F5N2O2. The number of carboxylic acids is 1. The van der Waals surface area contributed by atoms with E-state index in [0.29, 0.717) is 11.4 Å². The highest BCUT2D eigenvalue weighted by atomic mass is 19.4. The average molecular weight is 476 g/mol. The molecule has 34 heavy (non-hydrogen) atoms. The Morgan fingerprint density at radius 1 is 1.00 bits per heavy atom. The fraction of sp³-hybridized carbons (Fsp3) is 0.200. The first-order chi connectivity index (χ1) is 16.0. The number of rotatable bonds is 4. The van der Waals surface area contributed by atoms with E-state index in [1.165, 1.54) is 12.1 Å². The van der Waals surface area contributed by atoms with Gasteiger partial charge in [0, 0.05) is 12.5 Å². The molecule has 1 heterocycles. The van der Waals surface area contributed by atoms with Crippen molar-refractivity contribution in [3.8, 4) is 0 Å². The number of halogens is 5. The van der Waals surface area contributed by atoms with Gasteiger partial charge in [-0.25, -0.2) is 13.6 Å². The van der Waals surface area contributed by atoms with Crippen molar-refractivity contribution < 1.29 is 31.9 Å². The standard InChI is InChI=1S/C23H20F2N2.C2HF3O2/c1-23(18-10-6-3-7-11-18)22(16-8-4-2-5-9-16)26-21(27-23)14-17-12-13-19(24)15-20(17)25;3-2(4,5)1(6)7/h2-13,15,22H,14H2,1H3,(H,26,27);(H,6,7)/t22-,23+;/m1./s1. The zero-order chi connectivity index (χ0) is 24.9. The lowest BCUT2D eigenvalue weighted by atomic mass is 9.82. The maximum absolute atomic E-state index is 14.1. The van der Waals surface area contributed by atoms with Gasteiger partial charge < -0.3 is 10.4 Å². The van der Waals surface area contributed by atoms with Crippen molar-refractivity contribution in [1.82, 2.24) is 5.32 Å². The van der Waals surface area contributed by atoms with E-state index in [-0.39, 0.29) is 12.5 Å². The second-order valence-electron chi connectivity index (χ2n) is 7.80. The minimum absolute atomic E-state index is 0.139. The summed E-state index contributed by atoms with van der Waals surface area (Å²) in [7, 11) is 0. The highest BCUT2D eigenvalue weighted by Gasteiger charge is 2.42. The van der Waals surface area contributed by atoms with Gasteiger partial charge in [-0.1, -0.05) is 66.7 Å². The molecule has 0 fully saturated rings. The van der Waals surface area contributed by atoms with E-state index < -0.39 is 29.3 Å². The summed E-state index contributed by atoms with van der Waals surface area (Å²) in [6.07, 6.45) is -4.79. The fourth-order valence-corrected chi connectivity index (χ4v) is 3.68. The third-order valence-corrected chi connectivity index (χ3v) is 5.34. The van der Waals surface area contributed by atoms with Gasteiger partial charge in [0.15, 0.2) is 0 Å². The monoisotopic (exact) mass is 476 g/mol. The molecule has 1 aliphatic rings. The van der Waals surface area contributed by atoms with Gasteiger partial charge in [-0.05, 0) is 29.7 Å². The van der Waals surface area contributed by atoms with Gasteiger partial charge >= 0.3 is 12.1 Å². The van der Waals surface area contributed by atoms with Crippen LogP contribution < -0.4 is 5.32 Å². The van der Waals surface area contributed by atoms with Crippen LogP contribution in [0.15, 0.2) is 83.9 Å². The number of carbonyl (C=O) groups is 1. The van der Waals surface area contributed by atoms with Crippen LogP contribution in [0.5, 0.6) is 0 Å². The van der Waals surface area contributed by atoms with Crippen molar-refractivity contribution in [1.29, 1.82) is 0 Å². The normalized spacial score (nSPS) is 19.5. The van der Waals surface area contributed by atoms with Crippen molar-refractivity contribution in [3.05, 3.63) is 107 Å². The van der Waals surface area contributed by atoms with Gasteiger partial charge in [0.25, 0.3) is 0 Å². The minimum Gasteiger partial charge on any atom is -0.475 e. The molecule has 3 aromatic carbocycles. The van der Waals surface area contributed by atoms with Gasteiger partial charge in [-0.15, -0.1) is 0 Å². The molecule has 0 aromatic heterocycles. The van der Waals surface area contributed by atoms with Crippen LogP contribution in [0.4, 0.5) is 22.0 Å². The number of carboxylic acid groups (broad SMARTS) is 1. The first-order valence-electron chi connectivity index (χ1n) is 10.2. The van der Waals surface area contributed by atoms with Crippen LogP contribution in [-0.4, -0.2) is 23.1 Å². The van der Waals surface area contributed by atoms with Crippen LogP contribution in [0.3, 0.4) is 0 Å². The third-order valence-electron chi connectivity index (χ3n) is 5.34. The molecule has 0 aliphatic carbocycles. The number of aliphatic imine (C=N–C) groups is 1. The minimum atomic E-state index is -5.08. The van der Waals surface area contributed by atoms with E-state index >= 15 is 0 Å². The summed E-state index contributed by atoms with van der Waals surface area (Å²) < 4.78 is 59.1. The summed E-state index contributed by atoms with van der Waals surface area (Å²) in [6, 6.07) is 23.7. The van der Waals surface area contributed by atoms with E-state index in [4.69, 9.17) is 14.9 Å². The van der Waals surface area contributed by atoms with Crippen LogP contribution in [0.2, 0.25) is 0 Å². The van der Waals surface area contributed by atoms with E-state index in [1.807, 2.05) is 36.4 Å². The Balaban J connectivity index is 0.000000406. The second-order valence-corrected chi connectivity index (χ2v) is 7.80. The van der Waals surface area contributed by atoms with E-state index in [1.54, 1.807) is 0 Å². The number of hydrogen-bond acceptors (Lipinski definition) is 3. The highest BCUT2D eigenvalue weighted by molar-refractivity contribution is 5.87. The Morgan fingerprint density at radius 3 is 2.09 bits per heavy atom. The Bertz CT molecular complexity index is 1170. The number of aliphatic carboxylic acids is 1. The summed E-state index contributed by atoms with van der Waals surface area (Å²) in [5.41, 5.74) is 2.17. The molecule has 2 atom stereocenters. The molecular weight excluding hydrogens is 455 g/mol. The predicted molar refractivity (Wildman–Crippen MR) is 117 cm³/mol. The lowest BCUT2D eigenvalue weighted by Crippen LogP contribution is -2.42. The average Bonchev–Trinajstić information content (AvgIpc) is 3.14. The molecule has 0 bridgehead atoms. The maximum Gasteiger partial charge on any atom is 0.490 e. The van der Waals surface area contributed by atoms with Crippen LogP contribution in [0, 0.1) is 11.6 Å². The van der Waals surface area contributed by atoms with Crippen molar-refractivity contribution >= 4 is 11.8 Å². The molecule has 0 amide bonds. The van der Waals surface area contributed by atoms with Crippen LogP contribution in [0.1, 0.15) is 29.7 Å². The van der Waals surface area contributed by atoms with Crippen LogP contribution in [-0.2, 0) is 16.8 Å². The molecule has 3 aromatic rings. The molecule has 2 N–H and O–H groups in total. The summed E-state index contributed by atoms with van der Waals surface area (Å²) in [5, 5.41) is 10.6. The van der Waals surface area contributed by atoms with Gasteiger partial charge in [0.2, 0.25) is 0 Å². The largest absolute Gasteiger partial charge is 0.490 e. The first kappa shape index (κ1) is 24.9. The number of hydrogen-bond donors (Lipinski definition) is 2. The fourth-order valence-electron chi connectivity index (χ4n) is 3.68. The summed E-state index contributed by atoms with van der Waals surface area (Å²) in [4.78, 5) is 13.8. The topological polar surface area (TPSA) is 61.7 Å². The quantitative estimate of drug-likeness (QED) is 0.468. The number of nitrogens with one attached hydrogen (secondary N) is 1. The van der Waals surface area contributed by atoms with Gasteiger partial charge in [0.05, 0.1) is 5.54 Å². The SMILES string of the molecule is C[C@@]1(c2ccccc2)NC(Cc2ccc(F)cc2F)=N[C@@H]1c1ccccc1.O=C(O)C(F)(F)F. The smallest absolute Gasteiger partial charge is 0.475 e. The molecule has 0 unspecified atom stereocenters. The molecule has 4 nitrogen and oxygen atoms in total. The zero-order valence-corrected chi connectivity index (χ0v) is 18.0. The van der Waals surface area contributed by atoms with Crippen molar-refractivity contribution in [2.45, 2.75) is 31.1 Å².